The number of fused-ring (bicyclic) bond motifs is 1. The number of para-hydroxylation sites is 1. The summed E-state index contributed by atoms with van der Waals surface area (Å²) >= 11 is 0. The minimum Gasteiger partial charge on any atom is -0.391 e. The Hall–Kier alpha value is -2.35. The maximum atomic E-state index is 10.5. The fourth-order valence-electron chi connectivity index (χ4n) is 3.62. The van der Waals surface area contributed by atoms with Gasteiger partial charge in [0.15, 0.2) is 5.82 Å². The van der Waals surface area contributed by atoms with Crippen molar-refractivity contribution in [1.82, 2.24) is 20.0 Å². The molecule has 1 fully saturated rings. The number of β-amino-alcohol motifs (C(OH)–C–C–N with tert-alkyl or cyclic N) is 1. The Labute approximate surface area is 151 Å². The van der Waals surface area contributed by atoms with Crippen molar-refractivity contribution >= 4 is 10.9 Å². The van der Waals surface area contributed by atoms with E-state index in [1.54, 1.807) is 7.11 Å². The molecule has 0 aliphatic carbocycles. The number of pyridine rings is 1. The second kappa shape index (κ2) is 7.49. The first-order valence-corrected chi connectivity index (χ1v) is 8.76. The van der Waals surface area contributed by atoms with Crippen LogP contribution in [0.5, 0.6) is 0 Å². The first kappa shape index (κ1) is 17.1. The third-order valence-electron chi connectivity index (χ3n) is 4.85. The molecule has 3 aromatic rings. The van der Waals surface area contributed by atoms with E-state index in [2.05, 4.69) is 26.1 Å². The van der Waals surface area contributed by atoms with E-state index in [0.717, 1.165) is 23.9 Å². The predicted octanol–water partition coefficient (Wildman–Crippen LogP) is 1.80. The third-order valence-corrected chi connectivity index (χ3v) is 4.85. The van der Waals surface area contributed by atoms with E-state index in [0.29, 0.717) is 31.4 Å². The van der Waals surface area contributed by atoms with Gasteiger partial charge in [0, 0.05) is 37.7 Å². The van der Waals surface area contributed by atoms with Gasteiger partial charge in [0.05, 0.1) is 18.2 Å². The highest BCUT2D eigenvalue weighted by Crippen LogP contribution is 2.26. The molecule has 2 aromatic heterocycles. The first-order chi connectivity index (χ1) is 12.7. The SMILES string of the molecule is COCc1noc(CN2C[C@@H](Cc3ccnc4ccccc34)[C@H](O)C2)n1. The van der Waals surface area contributed by atoms with Gasteiger partial charge in [-0.2, -0.15) is 4.98 Å². The van der Waals surface area contributed by atoms with Crippen LogP contribution in [-0.2, 0) is 24.3 Å². The highest BCUT2D eigenvalue weighted by Gasteiger charge is 2.32. The van der Waals surface area contributed by atoms with Crippen LogP contribution in [0.4, 0.5) is 0 Å². The van der Waals surface area contributed by atoms with Gasteiger partial charge in [-0.05, 0) is 24.1 Å². The molecule has 136 valence electrons. The molecule has 1 aromatic carbocycles. The van der Waals surface area contributed by atoms with Crippen molar-refractivity contribution in [3.63, 3.8) is 0 Å². The highest BCUT2D eigenvalue weighted by molar-refractivity contribution is 5.81. The molecule has 1 saturated heterocycles. The highest BCUT2D eigenvalue weighted by atomic mass is 16.5. The number of nitrogens with zero attached hydrogens (tertiary/aromatic N) is 4. The molecule has 0 amide bonds. The summed E-state index contributed by atoms with van der Waals surface area (Å²) in [6, 6.07) is 10.2. The van der Waals surface area contributed by atoms with Gasteiger partial charge in [-0.3, -0.25) is 9.88 Å². The van der Waals surface area contributed by atoms with E-state index < -0.39 is 0 Å². The first-order valence-electron chi connectivity index (χ1n) is 8.76. The van der Waals surface area contributed by atoms with E-state index in [-0.39, 0.29) is 12.0 Å². The molecule has 0 radical (unpaired) electrons. The van der Waals surface area contributed by atoms with Crippen LogP contribution in [0.2, 0.25) is 0 Å². The van der Waals surface area contributed by atoms with Gasteiger partial charge < -0.3 is 14.4 Å². The van der Waals surface area contributed by atoms with Gasteiger partial charge in [-0.25, -0.2) is 0 Å². The van der Waals surface area contributed by atoms with E-state index in [1.807, 2.05) is 30.5 Å². The average Bonchev–Trinajstić information content (AvgIpc) is 3.22. The van der Waals surface area contributed by atoms with Crippen molar-refractivity contribution in [3.05, 3.63) is 53.8 Å². The van der Waals surface area contributed by atoms with E-state index in [4.69, 9.17) is 9.26 Å². The maximum Gasteiger partial charge on any atom is 0.240 e. The molecule has 0 bridgehead atoms. The van der Waals surface area contributed by atoms with Crippen LogP contribution in [0, 0.1) is 5.92 Å². The lowest BCUT2D eigenvalue weighted by molar-refractivity contribution is 0.139. The number of hydrogen-bond donors (Lipinski definition) is 1. The summed E-state index contributed by atoms with van der Waals surface area (Å²) in [6.45, 7) is 2.28. The maximum absolute atomic E-state index is 10.5. The summed E-state index contributed by atoms with van der Waals surface area (Å²) in [5.41, 5.74) is 2.22. The number of aromatic nitrogens is 3. The molecule has 0 saturated carbocycles. The zero-order valence-electron chi connectivity index (χ0n) is 14.7. The number of rotatable bonds is 6. The van der Waals surface area contributed by atoms with Gasteiger partial charge in [0.1, 0.15) is 6.61 Å². The molecule has 1 aliphatic heterocycles. The molecule has 7 nitrogen and oxygen atoms in total. The van der Waals surface area contributed by atoms with E-state index in [9.17, 15) is 5.11 Å². The van der Waals surface area contributed by atoms with Crippen molar-refractivity contribution in [3.8, 4) is 0 Å². The molecule has 2 atom stereocenters. The lowest BCUT2D eigenvalue weighted by Gasteiger charge is -2.15. The average molecular weight is 354 g/mol. The van der Waals surface area contributed by atoms with Crippen molar-refractivity contribution in [1.29, 1.82) is 0 Å². The van der Waals surface area contributed by atoms with Crippen LogP contribution in [-0.4, -0.2) is 51.4 Å². The fourth-order valence-corrected chi connectivity index (χ4v) is 3.62. The van der Waals surface area contributed by atoms with E-state index in [1.165, 1.54) is 5.56 Å². The van der Waals surface area contributed by atoms with Gasteiger partial charge in [-0.15, -0.1) is 0 Å². The standard InChI is InChI=1S/C19H22N4O3/c1-25-12-18-21-19(26-22-18)11-23-9-14(17(24)10-23)8-13-6-7-20-16-5-3-2-4-15(13)16/h2-7,14,17,24H,8-12H2,1H3/t14-,17-/m1/s1. The lowest BCUT2D eigenvalue weighted by Crippen LogP contribution is -2.21. The molecule has 1 N–H and O–H groups in total. The largest absolute Gasteiger partial charge is 0.391 e. The molecular formula is C19H22N4O3. The molecule has 4 rings (SSSR count). The smallest absolute Gasteiger partial charge is 0.240 e. The number of ether oxygens (including phenoxy) is 1. The van der Waals surface area contributed by atoms with Crippen molar-refractivity contribution in [2.24, 2.45) is 5.92 Å². The Morgan fingerprint density at radius 3 is 3.04 bits per heavy atom. The number of aliphatic hydroxyl groups excluding tert-OH is 1. The van der Waals surface area contributed by atoms with Gasteiger partial charge in [0.25, 0.3) is 0 Å². The van der Waals surface area contributed by atoms with Gasteiger partial charge in [0.2, 0.25) is 5.89 Å². The van der Waals surface area contributed by atoms with Crippen LogP contribution < -0.4 is 0 Å². The zero-order chi connectivity index (χ0) is 17.9. The minimum atomic E-state index is -0.372. The summed E-state index contributed by atoms with van der Waals surface area (Å²) in [6.07, 6.45) is 2.29. The summed E-state index contributed by atoms with van der Waals surface area (Å²) < 4.78 is 10.3. The number of benzene rings is 1. The predicted molar refractivity (Wildman–Crippen MR) is 95.2 cm³/mol. The fraction of sp³-hybridized carbons (Fsp3) is 0.421. The van der Waals surface area contributed by atoms with Crippen molar-refractivity contribution in [2.75, 3.05) is 20.2 Å². The van der Waals surface area contributed by atoms with E-state index >= 15 is 0 Å². The second-order valence-corrected chi connectivity index (χ2v) is 6.75. The van der Waals surface area contributed by atoms with Crippen LogP contribution in [0.1, 0.15) is 17.3 Å². The number of methoxy groups -OCH3 is 1. The number of aliphatic hydroxyl groups is 1. The summed E-state index contributed by atoms with van der Waals surface area (Å²) in [5.74, 6) is 1.27. The number of hydrogen-bond acceptors (Lipinski definition) is 7. The molecule has 26 heavy (non-hydrogen) atoms. The topological polar surface area (TPSA) is 84.5 Å². The second-order valence-electron chi connectivity index (χ2n) is 6.75. The molecule has 3 heterocycles. The Balaban J connectivity index is 1.43. The Bertz CT molecular complexity index is 877. The Kier molecular flexibility index (Phi) is 4.92. The van der Waals surface area contributed by atoms with Crippen molar-refractivity contribution < 1.29 is 14.4 Å². The van der Waals surface area contributed by atoms with Crippen LogP contribution in [0.3, 0.4) is 0 Å². The molecule has 7 heteroatoms. The van der Waals surface area contributed by atoms with Gasteiger partial charge >= 0.3 is 0 Å². The van der Waals surface area contributed by atoms with Crippen LogP contribution in [0.15, 0.2) is 41.1 Å². The minimum absolute atomic E-state index is 0.169. The monoisotopic (exact) mass is 354 g/mol. The molecule has 0 unspecified atom stereocenters. The molecule has 0 spiro atoms. The Morgan fingerprint density at radius 1 is 1.27 bits per heavy atom. The number of likely N-dealkylation sites (tertiary alicyclic amines) is 1. The van der Waals surface area contributed by atoms with Crippen LogP contribution in [0.25, 0.3) is 10.9 Å². The molecular weight excluding hydrogens is 332 g/mol. The summed E-state index contributed by atoms with van der Waals surface area (Å²) in [7, 11) is 1.60. The Morgan fingerprint density at radius 2 is 2.15 bits per heavy atom. The summed E-state index contributed by atoms with van der Waals surface area (Å²) in [4.78, 5) is 10.9. The summed E-state index contributed by atoms with van der Waals surface area (Å²) in [5, 5.41) is 15.6. The zero-order valence-corrected chi connectivity index (χ0v) is 14.7. The van der Waals surface area contributed by atoms with Crippen LogP contribution >= 0.6 is 0 Å². The van der Waals surface area contributed by atoms with Gasteiger partial charge in [-0.1, -0.05) is 23.4 Å². The van der Waals surface area contributed by atoms with Crippen molar-refractivity contribution in [2.45, 2.75) is 25.7 Å². The third kappa shape index (κ3) is 3.60. The normalized spacial score (nSPS) is 20.8. The quantitative estimate of drug-likeness (QED) is 0.722. The lowest BCUT2D eigenvalue weighted by atomic mass is 9.94. The molecule has 1 aliphatic rings.